The van der Waals surface area contributed by atoms with Gasteiger partial charge in [0.2, 0.25) is 0 Å². The topological polar surface area (TPSA) is 46.5 Å². The third-order valence-electron chi connectivity index (χ3n) is 3.24. The van der Waals surface area contributed by atoms with E-state index in [1.54, 1.807) is 18.2 Å². The van der Waals surface area contributed by atoms with E-state index in [-0.39, 0.29) is 0 Å². The van der Waals surface area contributed by atoms with E-state index in [1.807, 2.05) is 6.07 Å². The lowest BCUT2D eigenvalue weighted by atomic mass is 9.90. The molecule has 1 unspecified atom stereocenters. The zero-order valence-corrected chi connectivity index (χ0v) is 10.6. The summed E-state index contributed by atoms with van der Waals surface area (Å²) >= 11 is -1.97. The molecule has 0 aromatic heterocycles. The van der Waals surface area contributed by atoms with Gasteiger partial charge in [0, 0.05) is 0 Å². The molecule has 94 valence electrons. The van der Waals surface area contributed by atoms with E-state index in [9.17, 15) is 4.21 Å². The Morgan fingerprint density at radius 1 is 1.24 bits per heavy atom. The van der Waals surface area contributed by atoms with E-state index in [0.717, 1.165) is 0 Å². The summed E-state index contributed by atoms with van der Waals surface area (Å²) < 4.78 is 25.9. The van der Waals surface area contributed by atoms with Crippen LogP contribution in [0.4, 0.5) is 0 Å². The van der Waals surface area contributed by atoms with Crippen LogP contribution in [0.3, 0.4) is 0 Å². The monoisotopic (exact) mass is 254 g/mol. The fraction of sp³-hybridized carbons (Fsp3) is 0.538. The molecule has 0 heterocycles. The third kappa shape index (κ3) is 3.54. The standard InChI is InChI=1S/C13H18O3S/c14-17(15)13-9-5-4-8-12(13)16-10-11-6-2-1-3-7-11/h4-5,8-9,11H,1-3,6-7,10H2,(H,14,15). The molecule has 0 amide bonds. The van der Waals surface area contributed by atoms with Crippen LogP contribution in [0.15, 0.2) is 29.2 Å². The Labute approximate surface area is 104 Å². The van der Waals surface area contributed by atoms with Crippen LogP contribution < -0.4 is 4.74 Å². The van der Waals surface area contributed by atoms with Gasteiger partial charge in [-0.3, -0.25) is 0 Å². The highest BCUT2D eigenvalue weighted by Crippen LogP contribution is 2.26. The second-order valence-electron chi connectivity index (χ2n) is 4.51. The lowest BCUT2D eigenvalue weighted by Crippen LogP contribution is -2.15. The molecule has 1 atom stereocenters. The molecule has 2 rings (SSSR count). The minimum Gasteiger partial charge on any atom is -0.492 e. The Morgan fingerprint density at radius 2 is 1.94 bits per heavy atom. The van der Waals surface area contributed by atoms with Gasteiger partial charge in [-0.05, 0) is 30.9 Å². The smallest absolute Gasteiger partial charge is 0.190 e. The zero-order chi connectivity index (χ0) is 12.1. The van der Waals surface area contributed by atoms with Gasteiger partial charge in [-0.15, -0.1) is 0 Å². The van der Waals surface area contributed by atoms with Crippen LogP contribution in [-0.2, 0) is 11.1 Å². The molecule has 0 radical (unpaired) electrons. The summed E-state index contributed by atoms with van der Waals surface area (Å²) in [4.78, 5) is 0.364. The molecule has 0 spiro atoms. The highest BCUT2D eigenvalue weighted by Gasteiger charge is 2.15. The van der Waals surface area contributed by atoms with Crippen LogP contribution in [-0.4, -0.2) is 15.4 Å². The lowest BCUT2D eigenvalue weighted by molar-refractivity contribution is 0.205. The number of benzene rings is 1. The van der Waals surface area contributed by atoms with Gasteiger partial charge < -0.3 is 9.29 Å². The van der Waals surface area contributed by atoms with Crippen LogP contribution in [0, 0.1) is 5.92 Å². The highest BCUT2D eigenvalue weighted by atomic mass is 32.2. The molecule has 0 aliphatic heterocycles. The van der Waals surface area contributed by atoms with Gasteiger partial charge in [-0.25, -0.2) is 4.21 Å². The number of hydrogen-bond acceptors (Lipinski definition) is 2. The van der Waals surface area contributed by atoms with Gasteiger partial charge in [0.25, 0.3) is 0 Å². The Morgan fingerprint density at radius 3 is 2.65 bits per heavy atom. The van der Waals surface area contributed by atoms with Gasteiger partial charge in [0.15, 0.2) is 11.1 Å². The molecule has 1 N–H and O–H groups in total. The maximum absolute atomic E-state index is 11.1. The molecular weight excluding hydrogens is 236 g/mol. The van der Waals surface area contributed by atoms with Crippen molar-refractivity contribution in [1.29, 1.82) is 0 Å². The average molecular weight is 254 g/mol. The van der Waals surface area contributed by atoms with E-state index in [1.165, 1.54) is 32.1 Å². The Bertz CT molecular complexity index is 386. The van der Waals surface area contributed by atoms with Crippen LogP contribution in [0.1, 0.15) is 32.1 Å². The van der Waals surface area contributed by atoms with Crippen LogP contribution in [0.25, 0.3) is 0 Å². The molecule has 4 heteroatoms. The normalized spacial score (nSPS) is 18.9. The minimum absolute atomic E-state index is 0.364. The van der Waals surface area contributed by atoms with Crippen molar-refractivity contribution in [2.45, 2.75) is 37.0 Å². The van der Waals surface area contributed by atoms with Crippen molar-refractivity contribution < 1.29 is 13.5 Å². The summed E-state index contributed by atoms with van der Waals surface area (Å²) in [5.41, 5.74) is 0. The fourth-order valence-corrected chi connectivity index (χ4v) is 2.77. The molecule has 1 aromatic carbocycles. The first-order chi connectivity index (χ1) is 8.27. The first-order valence-electron chi connectivity index (χ1n) is 6.10. The van der Waals surface area contributed by atoms with E-state index >= 15 is 0 Å². The van der Waals surface area contributed by atoms with E-state index < -0.39 is 11.1 Å². The third-order valence-corrected chi connectivity index (χ3v) is 3.95. The molecule has 1 aliphatic rings. The summed E-state index contributed by atoms with van der Waals surface area (Å²) in [6, 6.07) is 6.96. The molecule has 1 fully saturated rings. The van der Waals surface area contributed by atoms with Crippen molar-refractivity contribution in [2.75, 3.05) is 6.61 Å². The molecule has 1 aromatic rings. The van der Waals surface area contributed by atoms with Crippen LogP contribution >= 0.6 is 0 Å². The largest absolute Gasteiger partial charge is 0.492 e. The van der Waals surface area contributed by atoms with E-state index in [4.69, 9.17) is 9.29 Å². The van der Waals surface area contributed by atoms with E-state index in [0.29, 0.717) is 23.2 Å². The molecule has 17 heavy (non-hydrogen) atoms. The van der Waals surface area contributed by atoms with Crippen molar-refractivity contribution in [3.05, 3.63) is 24.3 Å². The summed E-state index contributed by atoms with van der Waals surface area (Å²) in [6.07, 6.45) is 6.31. The zero-order valence-electron chi connectivity index (χ0n) is 9.80. The summed E-state index contributed by atoms with van der Waals surface area (Å²) in [6.45, 7) is 0.661. The summed E-state index contributed by atoms with van der Waals surface area (Å²) in [7, 11) is 0. The minimum atomic E-state index is -1.97. The quantitative estimate of drug-likeness (QED) is 0.839. The molecular formula is C13H18O3S. The van der Waals surface area contributed by atoms with Crippen molar-refractivity contribution in [3.8, 4) is 5.75 Å². The number of hydrogen-bond donors (Lipinski definition) is 1. The Kier molecular flexibility index (Phi) is 4.57. The van der Waals surface area contributed by atoms with Gasteiger partial charge in [-0.2, -0.15) is 0 Å². The Balaban J connectivity index is 1.96. The average Bonchev–Trinajstić information content (AvgIpc) is 2.38. The van der Waals surface area contributed by atoms with Crippen LogP contribution in [0.5, 0.6) is 5.75 Å². The molecule has 1 saturated carbocycles. The first kappa shape index (κ1) is 12.6. The van der Waals surface area contributed by atoms with Crippen LogP contribution in [0.2, 0.25) is 0 Å². The maximum Gasteiger partial charge on any atom is 0.190 e. The highest BCUT2D eigenvalue weighted by molar-refractivity contribution is 7.79. The van der Waals surface area contributed by atoms with Crippen molar-refractivity contribution >= 4 is 11.1 Å². The molecule has 3 nitrogen and oxygen atoms in total. The van der Waals surface area contributed by atoms with E-state index in [2.05, 4.69) is 0 Å². The maximum atomic E-state index is 11.1. The molecule has 0 bridgehead atoms. The van der Waals surface area contributed by atoms with Crippen molar-refractivity contribution in [1.82, 2.24) is 0 Å². The second-order valence-corrected chi connectivity index (χ2v) is 5.45. The lowest BCUT2D eigenvalue weighted by Gasteiger charge is -2.22. The molecule has 1 aliphatic carbocycles. The van der Waals surface area contributed by atoms with Crippen molar-refractivity contribution in [2.24, 2.45) is 5.92 Å². The predicted molar refractivity (Wildman–Crippen MR) is 67.5 cm³/mol. The fourth-order valence-electron chi connectivity index (χ4n) is 2.28. The number of ether oxygens (including phenoxy) is 1. The predicted octanol–water partition coefficient (Wildman–Crippen LogP) is 3.23. The number of para-hydroxylation sites is 1. The second kappa shape index (κ2) is 6.17. The molecule has 0 saturated heterocycles. The number of rotatable bonds is 4. The first-order valence-corrected chi connectivity index (χ1v) is 7.20. The Hall–Kier alpha value is -0.870. The van der Waals surface area contributed by atoms with Crippen molar-refractivity contribution in [3.63, 3.8) is 0 Å². The van der Waals surface area contributed by atoms with Gasteiger partial charge in [-0.1, -0.05) is 31.4 Å². The summed E-state index contributed by atoms with van der Waals surface area (Å²) in [5.74, 6) is 1.14. The SMILES string of the molecule is O=S(O)c1ccccc1OCC1CCCCC1. The van der Waals surface area contributed by atoms with Gasteiger partial charge in [0.05, 0.1) is 6.61 Å². The summed E-state index contributed by atoms with van der Waals surface area (Å²) in [5, 5.41) is 0. The van der Waals surface area contributed by atoms with Gasteiger partial charge >= 0.3 is 0 Å². The van der Waals surface area contributed by atoms with Gasteiger partial charge in [0.1, 0.15) is 10.6 Å².